The van der Waals surface area contributed by atoms with Gasteiger partial charge >= 0.3 is 11.7 Å². The maximum atomic E-state index is 11.3. The third-order valence-electron chi connectivity index (χ3n) is 3.17. The van der Waals surface area contributed by atoms with Gasteiger partial charge in [0.2, 0.25) is 0 Å². The number of aromatic amines is 1. The third kappa shape index (κ3) is 1.95. The SMILES string of the molecule is O=C(O)CC1(Cn2cc[nH]c2=O)CCC1. The molecule has 0 aliphatic heterocycles. The van der Waals surface area contributed by atoms with Gasteiger partial charge in [0.15, 0.2) is 0 Å². The molecule has 0 amide bonds. The van der Waals surface area contributed by atoms with Crippen molar-refractivity contribution in [3.8, 4) is 0 Å². The molecule has 2 rings (SSSR count). The maximum Gasteiger partial charge on any atom is 0.325 e. The van der Waals surface area contributed by atoms with Crippen LogP contribution in [0.2, 0.25) is 0 Å². The fourth-order valence-corrected chi connectivity index (χ4v) is 2.22. The molecule has 82 valence electrons. The molecule has 0 unspecified atom stereocenters. The van der Waals surface area contributed by atoms with Crippen LogP contribution in [-0.4, -0.2) is 20.6 Å². The molecule has 0 spiro atoms. The lowest BCUT2D eigenvalue weighted by atomic mass is 9.66. The largest absolute Gasteiger partial charge is 0.481 e. The van der Waals surface area contributed by atoms with Crippen LogP contribution < -0.4 is 5.69 Å². The average molecular weight is 210 g/mol. The van der Waals surface area contributed by atoms with Crippen LogP contribution in [0.3, 0.4) is 0 Å². The summed E-state index contributed by atoms with van der Waals surface area (Å²) in [4.78, 5) is 24.6. The van der Waals surface area contributed by atoms with Crippen molar-refractivity contribution in [3.05, 3.63) is 22.9 Å². The van der Waals surface area contributed by atoms with Gasteiger partial charge in [0.25, 0.3) is 0 Å². The van der Waals surface area contributed by atoms with E-state index in [1.54, 1.807) is 17.0 Å². The molecular weight excluding hydrogens is 196 g/mol. The van der Waals surface area contributed by atoms with Crippen molar-refractivity contribution in [3.63, 3.8) is 0 Å². The number of carboxylic acids is 1. The van der Waals surface area contributed by atoms with E-state index in [0.717, 1.165) is 19.3 Å². The number of hydrogen-bond donors (Lipinski definition) is 2. The van der Waals surface area contributed by atoms with Crippen molar-refractivity contribution in [2.75, 3.05) is 0 Å². The number of nitrogens with zero attached hydrogens (tertiary/aromatic N) is 1. The van der Waals surface area contributed by atoms with E-state index in [2.05, 4.69) is 4.98 Å². The molecule has 1 saturated carbocycles. The van der Waals surface area contributed by atoms with E-state index in [1.165, 1.54) is 0 Å². The Bertz CT molecular complexity index is 414. The van der Waals surface area contributed by atoms with Crippen LogP contribution in [0.1, 0.15) is 25.7 Å². The number of H-pyrrole nitrogens is 1. The lowest BCUT2D eigenvalue weighted by Gasteiger charge is -2.40. The minimum atomic E-state index is -0.779. The molecular formula is C10H14N2O3. The summed E-state index contributed by atoms with van der Waals surface area (Å²) in [7, 11) is 0. The molecule has 1 aliphatic rings. The van der Waals surface area contributed by atoms with Gasteiger partial charge in [0, 0.05) is 18.9 Å². The summed E-state index contributed by atoms with van der Waals surface area (Å²) in [6.45, 7) is 0.516. The van der Waals surface area contributed by atoms with Gasteiger partial charge < -0.3 is 10.1 Å². The molecule has 5 heteroatoms. The normalized spacial score (nSPS) is 18.4. The van der Waals surface area contributed by atoms with Crippen LogP contribution in [0.4, 0.5) is 0 Å². The fraction of sp³-hybridized carbons (Fsp3) is 0.600. The molecule has 0 atom stereocenters. The number of carbonyl (C=O) groups is 1. The Hall–Kier alpha value is -1.52. The summed E-state index contributed by atoms with van der Waals surface area (Å²) in [6, 6.07) is 0. The van der Waals surface area contributed by atoms with Gasteiger partial charge in [-0.3, -0.25) is 9.36 Å². The second kappa shape index (κ2) is 3.56. The third-order valence-corrected chi connectivity index (χ3v) is 3.17. The summed E-state index contributed by atoms with van der Waals surface area (Å²) in [5, 5.41) is 8.82. The van der Waals surface area contributed by atoms with Gasteiger partial charge in [0.05, 0.1) is 6.42 Å². The highest BCUT2D eigenvalue weighted by atomic mass is 16.4. The van der Waals surface area contributed by atoms with Crippen LogP contribution in [0.25, 0.3) is 0 Å². The first kappa shape index (κ1) is 10.0. The van der Waals surface area contributed by atoms with E-state index in [1.807, 2.05) is 0 Å². The summed E-state index contributed by atoms with van der Waals surface area (Å²) < 4.78 is 1.56. The van der Waals surface area contributed by atoms with Gasteiger partial charge in [-0.1, -0.05) is 6.42 Å². The van der Waals surface area contributed by atoms with Gasteiger partial charge in [-0.25, -0.2) is 4.79 Å². The van der Waals surface area contributed by atoms with Crippen molar-refractivity contribution < 1.29 is 9.90 Å². The summed E-state index contributed by atoms with van der Waals surface area (Å²) in [5.41, 5.74) is -0.357. The number of nitrogens with one attached hydrogen (secondary N) is 1. The second-order valence-corrected chi connectivity index (χ2v) is 4.32. The van der Waals surface area contributed by atoms with Gasteiger partial charge in [0.1, 0.15) is 0 Å². The minimum Gasteiger partial charge on any atom is -0.481 e. The molecule has 1 aliphatic carbocycles. The monoisotopic (exact) mass is 210 g/mol. The average Bonchev–Trinajstić information content (AvgIpc) is 2.47. The van der Waals surface area contributed by atoms with Crippen LogP contribution in [0.15, 0.2) is 17.2 Å². The molecule has 1 fully saturated rings. The highest BCUT2D eigenvalue weighted by molar-refractivity contribution is 5.67. The molecule has 0 aromatic carbocycles. The number of carboxylic acid groups (broad SMARTS) is 1. The number of aliphatic carboxylic acids is 1. The van der Waals surface area contributed by atoms with Gasteiger partial charge in [-0.15, -0.1) is 0 Å². The van der Waals surface area contributed by atoms with E-state index in [4.69, 9.17) is 5.11 Å². The zero-order valence-electron chi connectivity index (χ0n) is 8.40. The topological polar surface area (TPSA) is 75.1 Å². The molecule has 1 aromatic heterocycles. The lowest BCUT2D eigenvalue weighted by Crippen LogP contribution is -2.38. The molecule has 0 saturated heterocycles. The molecule has 0 radical (unpaired) electrons. The van der Waals surface area contributed by atoms with E-state index in [-0.39, 0.29) is 17.5 Å². The Morgan fingerprint density at radius 1 is 1.60 bits per heavy atom. The van der Waals surface area contributed by atoms with Crippen molar-refractivity contribution in [2.45, 2.75) is 32.2 Å². The highest BCUT2D eigenvalue weighted by Gasteiger charge is 2.39. The van der Waals surface area contributed by atoms with Crippen molar-refractivity contribution in [2.24, 2.45) is 5.41 Å². The number of hydrogen-bond acceptors (Lipinski definition) is 2. The van der Waals surface area contributed by atoms with E-state index < -0.39 is 5.97 Å². The van der Waals surface area contributed by atoms with E-state index >= 15 is 0 Å². The van der Waals surface area contributed by atoms with E-state index in [9.17, 15) is 9.59 Å². The van der Waals surface area contributed by atoms with E-state index in [0.29, 0.717) is 6.54 Å². The fourth-order valence-electron chi connectivity index (χ4n) is 2.22. The number of aromatic nitrogens is 2. The highest BCUT2D eigenvalue weighted by Crippen LogP contribution is 2.45. The predicted molar refractivity (Wildman–Crippen MR) is 53.6 cm³/mol. The van der Waals surface area contributed by atoms with Crippen LogP contribution >= 0.6 is 0 Å². The first-order chi connectivity index (χ1) is 7.11. The minimum absolute atomic E-state index is 0.157. The Balaban J connectivity index is 2.12. The van der Waals surface area contributed by atoms with Crippen LogP contribution in [0.5, 0.6) is 0 Å². The standard InChI is InChI=1S/C10H14N2O3/c13-8(14)6-10(2-1-3-10)7-12-5-4-11-9(12)15/h4-5H,1-3,6-7H2,(H,11,15)(H,13,14). The van der Waals surface area contributed by atoms with Crippen molar-refractivity contribution in [1.82, 2.24) is 9.55 Å². The first-order valence-corrected chi connectivity index (χ1v) is 5.07. The first-order valence-electron chi connectivity index (χ1n) is 5.07. The van der Waals surface area contributed by atoms with Gasteiger partial charge in [-0.05, 0) is 18.3 Å². The molecule has 0 bridgehead atoms. The van der Waals surface area contributed by atoms with Gasteiger partial charge in [-0.2, -0.15) is 0 Å². The zero-order chi connectivity index (χ0) is 10.9. The molecule has 1 heterocycles. The maximum absolute atomic E-state index is 11.3. The van der Waals surface area contributed by atoms with Crippen LogP contribution in [0, 0.1) is 5.41 Å². The molecule has 2 N–H and O–H groups in total. The molecule has 1 aromatic rings. The Morgan fingerprint density at radius 2 is 2.33 bits per heavy atom. The lowest BCUT2D eigenvalue weighted by molar-refractivity contribution is -0.141. The zero-order valence-corrected chi connectivity index (χ0v) is 8.40. The summed E-state index contributed by atoms with van der Waals surface area (Å²) in [5.74, 6) is -0.779. The van der Waals surface area contributed by atoms with Crippen molar-refractivity contribution >= 4 is 5.97 Å². The Labute approximate surface area is 86.7 Å². The Kier molecular flexibility index (Phi) is 2.38. The quantitative estimate of drug-likeness (QED) is 0.772. The predicted octanol–water partition coefficient (Wildman–Crippen LogP) is 0.821. The summed E-state index contributed by atoms with van der Waals surface area (Å²) in [6.07, 6.45) is 6.27. The van der Waals surface area contributed by atoms with Crippen LogP contribution in [-0.2, 0) is 11.3 Å². The number of imidazole rings is 1. The second-order valence-electron chi connectivity index (χ2n) is 4.32. The van der Waals surface area contributed by atoms with Crippen molar-refractivity contribution in [1.29, 1.82) is 0 Å². The number of rotatable bonds is 4. The molecule has 15 heavy (non-hydrogen) atoms. The Morgan fingerprint density at radius 3 is 2.73 bits per heavy atom. The smallest absolute Gasteiger partial charge is 0.325 e. The summed E-state index contributed by atoms with van der Waals surface area (Å²) >= 11 is 0. The molecule has 5 nitrogen and oxygen atoms in total.